The average Bonchev–Trinajstić information content (AvgIpc) is 2.57. The summed E-state index contributed by atoms with van der Waals surface area (Å²) in [5.74, 6) is 0.397. The van der Waals surface area contributed by atoms with Crippen LogP contribution in [0.25, 0.3) is 10.9 Å². The highest BCUT2D eigenvalue weighted by Gasteiger charge is 2.12. The molecule has 0 amide bonds. The molecule has 3 aromatic rings. The Morgan fingerprint density at radius 2 is 1.88 bits per heavy atom. The molecule has 0 radical (unpaired) electrons. The molecule has 6 heteroatoms. The third-order valence-electron chi connectivity index (χ3n) is 4.06. The summed E-state index contributed by atoms with van der Waals surface area (Å²) in [6.45, 7) is 1.14. The number of phenols is 1. The van der Waals surface area contributed by atoms with Crippen LogP contribution < -0.4 is 10.3 Å². The van der Waals surface area contributed by atoms with Gasteiger partial charge in [-0.1, -0.05) is 29.8 Å². The number of phenolic OH excluding ortho intramolecular Hbond substituents is 1. The topological polar surface area (TPSA) is 65.6 Å². The van der Waals surface area contributed by atoms with Gasteiger partial charge in [0.05, 0.1) is 7.11 Å². The average molecular weight is 359 g/mol. The van der Waals surface area contributed by atoms with Crippen molar-refractivity contribution in [1.82, 2.24) is 9.88 Å². The minimum absolute atomic E-state index is 0.0134. The fraction of sp³-hybridized carbons (Fsp3) is 0.211. The van der Waals surface area contributed by atoms with E-state index in [1.165, 1.54) is 13.2 Å². The Balaban J connectivity index is 1.87. The van der Waals surface area contributed by atoms with Gasteiger partial charge in [-0.15, -0.1) is 0 Å². The summed E-state index contributed by atoms with van der Waals surface area (Å²) in [5, 5.41) is 11.3. The van der Waals surface area contributed by atoms with Crippen LogP contribution in [0.3, 0.4) is 0 Å². The second kappa shape index (κ2) is 7.17. The lowest BCUT2D eigenvalue weighted by Gasteiger charge is -2.19. The number of hydrogen-bond donors (Lipinski definition) is 2. The molecule has 5 nitrogen and oxygen atoms in total. The highest BCUT2D eigenvalue weighted by Crippen LogP contribution is 2.32. The molecule has 2 N–H and O–H groups in total. The quantitative estimate of drug-likeness (QED) is 0.732. The number of ether oxygens (including phenoxy) is 1. The fourth-order valence-electron chi connectivity index (χ4n) is 2.91. The van der Waals surface area contributed by atoms with Gasteiger partial charge in [0.2, 0.25) is 5.56 Å². The zero-order valence-electron chi connectivity index (χ0n) is 14.0. The SMILES string of the molecule is COc1cc(CN(C)Cc2cc(=O)[nH]c3ccccc23)c(Cl)cc1O. The van der Waals surface area contributed by atoms with Crippen LogP contribution in [0.1, 0.15) is 11.1 Å². The number of pyridine rings is 1. The van der Waals surface area contributed by atoms with Gasteiger partial charge >= 0.3 is 0 Å². The monoisotopic (exact) mass is 358 g/mol. The van der Waals surface area contributed by atoms with Crippen molar-refractivity contribution in [3.63, 3.8) is 0 Å². The highest BCUT2D eigenvalue weighted by atomic mass is 35.5. The maximum atomic E-state index is 11.9. The van der Waals surface area contributed by atoms with Gasteiger partial charge in [-0.05, 0) is 30.3 Å². The van der Waals surface area contributed by atoms with Gasteiger partial charge in [-0.25, -0.2) is 0 Å². The molecule has 3 rings (SSSR count). The first-order valence-electron chi connectivity index (χ1n) is 7.83. The van der Waals surface area contributed by atoms with Gasteiger partial charge in [0, 0.05) is 41.1 Å². The predicted octanol–water partition coefficient (Wildman–Crippen LogP) is 3.53. The van der Waals surface area contributed by atoms with Crippen LogP contribution in [-0.4, -0.2) is 29.1 Å². The van der Waals surface area contributed by atoms with Crippen LogP contribution in [0.5, 0.6) is 11.5 Å². The van der Waals surface area contributed by atoms with Crippen LogP contribution in [-0.2, 0) is 13.1 Å². The highest BCUT2D eigenvalue weighted by molar-refractivity contribution is 6.31. The van der Waals surface area contributed by atoms with Gasteiger partial charge in [0.1, 0.15) is 0 Å². The first-order valence-corrected chi connectivity index (χ1v) is 8.20. The van der Waals surface area contributed by atoms with E-state index in [4.69, 9.17) is 16.3 Å². The first-order chi connectivity index (χ1) is 12.0. The molecule has 130 valence electrons. The molecular weight excluding hydrogens is 340 g/mol. The van der Waals surface area contributed by atoms with Crippen LogP contribution in [0.2, 0.25) is 5.02 Å². The normalized spacial score (nSPS) is 11.2. The zero-order chi connectivity index (χ0) is 18.0. The van der Waals surface area contributed by atoms with E-state index in [2.05, 4.69) is 9.88 Å². The second-order valence-corrected chi connectivity index (χ2v) is 6.40. The van der Waals surface area contributed by atoms with E-state index in [-0.39, 0.29) is 11.3 Å². The van der Waals surface area contributed by atoms with E-state index >= 15 is 0 Å². The molecule has 0 saturated carbocycles. The standard InChI is InChI=1S/C19H19ClN2O3/c1-22(11-13-7-18(25-2)17(23)9-15(13)20)10-12-8-19(24)21-16-6-4-3-5-14(12)16/h3-9,23H,10-11H2,1-2H3,(H,21,24). The van der Waals surface area contributed by atoms with Crippen molar-refractivity contribution < 1.29 is 9.84 Å². The molecule has 2 aromatic carbocycles. The van der Waals surface area contributed by atoms with Gasteiger partial charge in [0.25, 0.3) is 0 Å². The summed E-state index contributed by atoms with van der Waals surface area (Å²) in [7, 11) is 3.45. The Hall–Kier alpha value is -2.50. The van der Waals surface area contributed by atoms with Crippen molar-refractivity contribution in [2.45, 2.75) is 13.1 Å². The predicted molar refractivity (Wildman–Crippen MR) is 99.4 cm³/mol. The van der Waals surface area contributed by atoms with E-state index in [9.17, 15) is 9.90 Å². The number of methoxy groups -OCH3 is 1. The molecule has 0 fully saturated rings. The zero-order valence-corrected chi connectivity index (χ0v) is 14.8. The fourth-order valence-corrected chi connectivity index (χ4v) is 3.13. The molecule has 0 spiro atoms. The van der Waals surface area contributed by atoms with Gasteiger partial charge in [0.15, 0.2) is 11.5 Å². The number of aromatic nitrogens is 1. The Morgan fingerprint density at radius 1 is 1.16 bits per heavy atom. The number of H-pyrrole nitrogens is 1. The molecule has 0 unspecified atom stereocenters. The molecule has 1 aromatic heterocycles. The molecule has 0 atom stereocenters. The number of para-hydroxylation sites is 1. The van der Waals surface area contributed by atoms with E-state index in [0.29, 0.717) is 23.9 Å². The van der Waals surface area contributed by atoms with Crippen molar-refractivity contribution in [2.24, 2.45) is 0 Å². The van der Waals surface area contributed by atoms with Gasteiger partial charge < -0.3 is 14.8 Å². The number of halogens is 1. The third-order valence-corrected chi connectivity index (χ3v) is 4.42. The van der Waals surface area contributed by atoms with Crippen molar-refractivity contribution in [2.75, 3.05) is 14.2 Å². The smallest absolute Gasteiger partial charge is 0.248 e. The maximum Gasteiger partial charge on any atom is 0.248 e. The van der Waals surface area contributed by atoms with Crippen molar-refractivity contribution in [1.29, 1.82) is 0 Å². The molecule has 1 heterocycles. The molecular formula is C19H19ClN2O3. The van der Waals surface area contributed by atoms with Gasteiger partial charge in [-0.2, -0.15) is 0 Å². The Bertz CT molecular complexity index is 969. The molecule has 25 heavy (non-hydrogen) atoms. The minimum atomic E-state index is -0.119. The molecule has 0 aliphatic carbocycles. The number of rotatable bonds is 5. The van der Waals surface area contributed by atoms with E-state index < -0.39 is 0 Å². The number of aromatic amines is 1. The van der Waals surface area contributed by atoms with Crippen LogP contribution in [0, 0.1) is 0 Å². The number of benzene rings is 2. The number of fused-ring (bicyclic) bond motifs is 1. The Kier molecular flexibility index (Phi) is 4.97. The minimum Gasteiger partial charge on any atom is -0.504 e. The van der Waals surface area contributed by atoms with E-state index in [1.807, 2.05) is 31.3 Å². The maximum absolute atomic E-state index is 11.9. The van der Waals surface area contributed by atoms with E-state index in [1.54, 1.807) is 12.1 Å². The summed E-state index contributed by atoms with van der Waals surface area (Å²) in [4.78, 5) is 16.8. The second-order valence-electron chi connectivity index (χ2n) is 5.99. The van der Waals surface area contributed by atoms with Crippen molar-refractivity contribution in [3.8, 4) is 11.5 Å². The summed E-state index contributed by atoms with van der Waals surface area (Å²) in [6, 6.07) is 12.6. The van der Waals surface area contributed by atoms with Crippen LogP contribution in [0.4, 0.5) is 0 Å². The molecule has 0 aliphatic heterocycles. The van der Waals surface area contributed by atoms with E-state index in [0.717, 1.165) is 22.0 Å². The van der Waals surface area contributed by atoms with Crippen molar-refractivity contribution >= 4 is 22.5 Å². The van der Waals surface area contributed by atoms with Crippen molar-refractivity contribution in [3.05, 3.63) is 69.0 Å². The lowest BCUT2D eigenvalue weighted by molar-refractivity contribution is 0.318. The molecule has 0 bridgehead atoms. The lowest BCUT2D eigenvalue weighted by atomic mass is 10.1. The number of nitrogens with one attached hydrogen (secondary N) is 1. The summed E-state index contributed by atoms with van der Waals surface area (Å²) >= 11 is 6.23. The van der Waals surface area contributed by atoms with Gasteiger partial charge in [-0.3, -0.25) is 9.69 Å². The summed E-state index contributed by atoms with van der Waals surface area (Å²) < 4.78 is 5.14. The third kappa shape index (κ3) is 3.78. The number of aromatic hydroxyl groups is 1. The number of nitrogens with zero attached hydrogens (tertiary/aromatic N) is 1. The largest absolute Gasteiger partial charge is 0.504 e. The van der Waals surface area contributed by atoms with Crippen LogP contribution in [0.15, 0.2) is 47.3 Å². The lowest BCUT2D eigenvalue weighted by Crippen LogP contribution is -2.19. The Morgan fingerprint density at radius 3 is 2.64 bits per heavy atom. The summed E-state index contributed by atoms with van der Waals surface area (Å²) in [6.07, 6.45) is 0. The Labute approximate surface area is 150 Å². The summed E-state index contributed by atoms with van der Waals surface area (Å²) in [5.41, 5.74) is 2.49. The van der Waals surface area contributed by atoms with Crippen LogP contribution >= 0.6 is 11.6 Å². The number of hydrogen-bond acceptors (Lipinski definition) is 4. The molecule has 0 saturated heterocycles. The first kappa shape index (κ1) is 17.3. The molecule has 0 aliphatic rings.